The molecule has 138 valence electrons. The first kappa shape index (κ1) is 18.4. The van der Waals surface area contributed by atoms with E-state index in [1.54, 1.807) is 4.90 Å². The van der Waals surface area contributed by atoms with E-state index < -0.39 is 0 Å². The summed E-state index contributed by atoms with van der Waals surface area (Å²) in [4.78, 5) is 30.6. The van der Waals surface area contributed by atoms with Gasteiger partial charge in [0.05, 0.1) is 12.1 Å². The van der Waals surface area contributed by atoms with E-state index in [9.17, 15) is 9.59 Å². The van der Waals surface area contributed by atoms with Crippen LogP contribution in [0.25, 0.3) is 0 Å². The molecule has 0 aliphatic carbocycles. The monoisotopic (exact) mass is 373 g/mol. The molecule has 2 heterocycles. The Labute approximate surface area is 157 Å². The molecule has 2 amide bonds. The molecule has 3 rings (SSSR count). The van der Waals surface area contributed by atoms with Gasteiger partial charge in [0, 0.05) is 18.5 Å². The molecule has 0 saturated carbocycles. The fourth-order valence-electron chi connectivity index (χ4n) is 2.95. The smallest absolute Gasteiger partial charge is 0.242 e. The lowest BCUT2D eigenvalue weighted by molar-refractivity contribution is -0.142. The Bertz CT molecular complexity index is 773. The van der Waals surface area contributed by atoms with Crippen molar-refractivity contribution in [2.45, 2.75) is 39.3 Å². The molecule has 0 spiro atoms. The fourth-order valence-corrected chi connectivity index (χ4v) is 3.66. The van der Waals surface area contributed by atoms with Gasteiger partial charge in [-0.15, -0.1) is 11.3 Å². The van der Waals surface area contributed by atoms with Crippen LogP contribution in [0.3, 0.4) is 0 Å². The maximum Gasteiger partial charge on any atom is 0.242 e. The van der Waals surface area contributed by atoms with Crippen LogP contribution in [0.4, 0.5) is 0 Å². The van der Waals surface area contributed by atoms with Crippen molar-refractivity contribution in [1.82, 2.24) is 15.2 Å². The third-order valence-corrected chi connectivity index (χ3v) is 5.22. The molecule has 2 aromatic rings. The highest BCUT2D eigenvalue weighted by molar-refractivity contribution is 7.09. The predicted octanol–water partition coefficient (Wildman–Crippen LogP) is 2.31. The molecule has 1 saturated heterocycles. The summed E-state index contributed by atoms with van der Waals surface area (Å²) in [6, 6.07) is 7.49. The van der Waals surface area contributed by atoms with Gasteiger partial charge in [-0.3, -0.25) is 9.59 Å². The van der Waals surface area contributed by atoms with Crippen LogP contribution >= 0.6 is 11.3 Å². The molecule has 1 fully saturated rings. The number of nitrogens with zero attached hydrogens (tertiary/aromatic N) is 2. The number of aromatic nitrogens is 1. The molecule has 26 heavy (non-hydrogen) atoms. The number of aryl methyl sites for hydroxylation is 1. The Kier molecular flexibility index (Phi) is 5.88. The maximum atomic E-state index is 12.6. The average Bonchev–Trinajstić information content (AvgIpc) is 3.08. The van der Waals surface area contributed by atoms with Crippen LogP contribution in [0, 0.1) is 6.92 Å². The minimum absolute atomic E-state index is 0.0528. The minimum Gasteiger partial charge on any atom is -0.486 e. The zero-order chi connectivity index (χ0) is 18.5. The van der Waals surface area contributed by atoms with Gasteiger partial charge >= 0.3 is 0 Å². The fraction of sp³-hybridized carbons (Fsp3) is 0.421. The number of rotatable bonds is 6. The first-order valence-corrected chi connectivity index (χ1v) is 9.64. The second kappa shape index (κ2) is 8.31. The van der Waals surface area contributed by atoms with Crippen LogP contribution in [-0.4, -0.2) is 40.8 Å². The van der Waals surface area contributed by atoms with Crippen LogP contribution in [0.2, 0.25) is 0 Å². The van der Waals surface area contributed by atoms with Crippen molar-refractivity contribution < 1.29 is 14.3 Å². The van der Waals surface area contributed by atoms with Crippen molar-refractivity contribution >= 4 is 23.2 Å². The zero-order valence-electron chi connectivity index (χ0n) is 15.0. The largest absolute Gasteiger partial charge is 0.486 e. The van der Waals surface area contributed by atoms with Crippen molar-refractivity contribution in [3.05, 3.63) is 45.9 Å². The van der Waals surface area contributed by atoms with Gasteiger partial charge in [-0.25, -0.2) is 4.98 Å². The number of benzene rings is 1. The zero-order valence-corrected chi connectivity index (χ0v) is 15.8. The van der Waals surface area contributed by atoms with Gasteiger partial charge in [0.2, 0.25) is 11.8 Å². The number of piperazine rings is 1. The Morgan fingerprint density at radius 3 is 2.88 bits per heavy atom. The standard InChI is InChI=1S/C19H23N3O3S/c1-3-16-19(24)20-8-9-22(16)18(23)10-14-12-26-17(21-14)11-25-15-6-4-13(2)5-7-15/h4-7,12,16H,3,8-11H2,1-2H3,(H,20,24). The third-order valence-electron chi connectivity index (χ3n) is 4.35. The molecular formula is C19H23N3O3S. The van der Waals surface area contributed by atoms with E-state index in [1.807, 2.05) is 43.5 Å². The molecule has 1 aliphatic rings. The lowest BCUT2D eigenvalue weighted by Gasteiger charge is -2.34. The molecule has 0 radical (unpaired) electrons. The Balaban J connectivity index is 1.56. The van der Waals surface area contributed by atoms with E-state index in [0.29, 0.717) is 26.1 Å². The molecule has 1 N–H and O–H groups in total. The van der Waals surface area contributed by atoms with Gasteiger partial charge in [0.1, 0.15) is 23.4 Å². The summed E-state index contributed by atoms with van der Waals surface area (Å²) in [6.45, 7) is 5.39. The Hall–Kier alpha value is -2.41. The van der Waals surface area contributed by atoms with Crippen molar-refractivity contribution in [1.29, 1.82) is 0 Å². The van der Waals surface area contributed by atoms with Gasteiger partial charge in [-0.2, -0.15) is 0 Å². The number of carbonyl (C=O) groups is 2. The summed E-state index contributed by atoms with van der Waals surface area (Å²) >= 11 is 1.48. The van der Waals surface area contributed by atoms with Crippen molar-refractivity contribution in [3.63, 3.8) is 0 Å². The minimum atomic E-state index is -0.376. The Morgan fingerprint density at radius 1 is 1.38 bits per heavy atom. The van der Waals surface area contributed by atoms with Crippen LogP contribution in [-0.2, 0) is 22.6 Å². The number of hydrogen-bond donors (Lipinski definition) is 1. The predicted molar refractivity (Wildman–Crippen MR) is 100 cm³/mol. The van der Waals surface area contributed by atoms with Gasteiger partial charge in [0.25, 0.3) is 0 Å². The molecule has 6 nitrogen and oxygen atoms in total. The van der Waals surface area contributed by atoms with Crippen LogP contribution < -0.4 is 10.1 Å². The second-order valence-electron chi connectivity index (χ2n) is 6.31. The highest BCUT2D eigenvalue weighted by Gasteiger charge is 2.31. The van der Waals surface area contributed by atoms with Gasteiger partial charge in [0.15, 0.2) is 0 Å². The molecule has 1 aromatic carbocycles. The van der Waals surface area contributed by atoms with E-state index in [-0.39, 0.29) is 24.3 Å². The number of thiazole rings is 1. The summed E-state index contributed by atoms with van der Waals surface area (Å²) in [6.07, 6.45) is 0.828. The van der Waals surface area contributed by atoms with Gasteiger partial charge in [-0.05, 0) is 25.5 Å². The summed E-state index contributed by atoms with van der Waals surface area (Å²) in [5, 5.41) is 5.52. The van der Waals surface area contributed by atoms with Crippen molar-refractivity contribution in [2.75, 3.05) is 13.1 Å². The molecule has 1 atom stereocenters. The quantitative estimate of drug-likeness (QED) is 0.843. The SMILES string of the molecule is CCC1C(=O)NCCN1C(=O)Cc1csc(COc2ccc(C)cc2)n1. The lowest BCUT2D eigenvalue weighted by Crippen LogP contribution is -2.57. The third kappa shape index (κ3) is 4.40. The molecule has 0 bridgehead atoms. The molecule has 7 heteroatoms. The van der Waals surface area contributed by atoms with E-state index in [2.05, 4.69) is 10.3 Å². The molecule has 1 aromatic heterocycles. The summed E-state index contributed by atoms with van der Waals surface area (Å²) in [7, 11) is 0. The average molecular weight is 373 g/mol. The van der Waals surface area contributed by atoms with Gasteiger partial charge < -0.3 is 15.0 Å². The topological polar surface area (TPSA) is 71.5 Å². The number of nitrogens with one attached hydrogen (secondary N) is 1. The highest BCUT2D eigenvalue weighted by atomic mass is 32.1. The van der Waals surface area contributed by atoms with Crippen molar-refractivity contribution in [3.8, 4) is 5.75 Å². The van der Waals surface area contributed by atoms with Gasteiger partial charge in [-0.1, -0.05) is 24.6 Å². The summed E-state index contributed by atoms with van der Waals surface area (Å²) < 4.78 is 5.73. The number of ether oxygens (including phenoxy) is 1. The van der Waals surface area contributed by atoms with Crippen molar-refractivity contribution in [2.24, 2.45) is 0 Å². The number of hydrogen-bond acceptors (Lipinski definition) is 5. The van der Waals surface area contributed by atoms with E-state index in [1.165, 1.54) is 16.9 Å². The molecular weight excluding hydrogens is 350 g/mol. The second-order valence-corrected chi connectivity index (χ2v) is 7.26. The number of amides is 2. The van der Waals surface area contributed by atoms with Crippen LogP contribution in [0.15, 0.2) is 29.6 Å². The van der Waals surface area contributed by atoms with E-state index in [4.69, 9.17) is 4.74 Å². The maximum absolute atomic E-state index is 12.6. The summed E-state index contributed by atoms with van der Waals surface area (Å²) in [5.74, 6) is 0.675. The first-order chi connectivity index (χ1) is 12.6. The van der Waals surface area contributed by atoms with E-state index in [0.717, 1.165) is 16.5 Å². The first-order valence-electron chi connectivity index (χ1n) is 8.76. The van der Waals surface area contributed by atoms with Crippen LogP contribution in [0.5, 0.6) is 5.75 Å². The molecule has 1 unspecified atom stereocenters. The Morgan fingerprint density at radius 2 is 2.15 bits per heavy atom. The summed E-state index contributed by atoms with van der Waals surface area (Å²) in [5.41, 5.74) is 1.91. The van der Waals surface area contributed by atoms with E-state index >= 15 is 0 Å². The van der Waals surface area contributed by atoms with Crippen LogP contribution in [0.1, 0.15) is 29.6 Å². The highest BCUT2D eigenvalue weighted by Crippen LogP contribution is 2.17. The number of carbonyl (C=O) groups excluding carboxylic acids is 2. The normalized spacial score (nSPS) is 17.1. The molecule has 1 aliphatic heterocycles. The lowest BCUT2D eigenvalue weighted by atomic mass is 10.1.